The van der Waals surface area contributed by atoms with Crippen LogP contribution in [0, 0.1) is 18.6 Å². The Bertz CT molecular complexity index is 1380. The lowest BCUT2D eigenvalue weighted by molar-refractivity contribution is 0.0697. The number of aromatic nitrogens is 3. The van der Waals surface area contributed by atoms with Gasteiger partial charge >= 0.3 is 5.97 Å². The standard InChI is InChI=1S/C25H21ClF2N4O2/c1-13(2)15-5-4-6-16(7-15)21-10-23(32(31-21)24-14(3)11-29-12-18(24)26)30-22-9-20(28)19(27)8-17(22)25(33)34/h4-13,30H,1-3H3,(H,33,34). The predicted molar refractivity (Wildman–Crippen MR) is 127 cm³/mol. The second-order valence-corrected chi connectivity index (χ2v) is 8.54. The number of aryl methyl sites for hydroxylation is 1. The summed E-state index contributed by atoms with van der Waals surface area (Å²) >= 11 is 6.43. The number of carboxylic acids is 1. The van der Waals surface area contributed by atoms with Gasteiger partial charge in [-0.05, 0) is 36.1 Å². The fraction of sp³-hybridized carbons (Fsp3) is 0.160. The first-order valence-electron chi connectivity index (χ1n) is 10.5. The molecule has 2 heterocycles. The molecular formula is C25H21ClF2N4O2. The SMILES string of the molecule is Cc1cncc(Cl)c1-n1nc(-c2cccc(C(C)C)c2)cc1Nc1cc(F)c(F)cc1C(=O)O. The van der Waals surface area contributed by atoms with E-state index in [9.17, 15) is 18.7 Å². The molecule has 0 amide bonds. The van der Waals surface area contributed by atoms with Crippen molar-refractivity contribution in [3.8, 4) is 16.9 Å². The van der Waals surface area contributed by atoms with Crippen molar-refractivity contribution < 1.29 is 18.7 Å². The van der Waals surface area contributed by atoms with Crippen LogP contribution in [0.5, 0.6) is 0 Å². The van der Waals surface area contributed by atoms with E-state index in [1.165, 1.54) is 10.9 Å². The van der Waals surface area contributed by atoms with Crippen LogP contribution in [-0.4, -0.2) is 25.8 Å². The molecule has 4 aromatic rings. The summed E-state index contributed by atoms with van der Waals surface area (Å²) in [4.78, 5) is 15.8. The molecule has 174 valence electrons. The Morgan fingerprint density at radius 1 is 1.12 bits per heavy atom. The molecule has 0 unspecified atom stereocenters. The number of nitrogens with zero attached hydrogens (tertiary/aromatic N) is 3. The summed E-state index contributed by atoms with van der Waals surface area (Å²) in [5, 5.41) is 17.5. The van der Waals surface area contributed by atoms with Gasteiger partial charge in [0.1, 0.15) is 5.82 Å². The minimum atomic E-state index is -1.41. The summed E-state index contributed by atoms with van der Waals surface area (Å²) in [6.07, 6.45) is 3.08. The zero-order valence-corrected chi connectivity index (χ0v) is 19.4. The van der Waals surface area contributed by atoms with Gasteiger partial charge in [0, 0.05) is 30.1 Å². The maximum atomic E-state index is 14.0. The number of benzene rings is 2. The molecule has 9 heteroatoms. The second kappa shape index (κ2) is 9.23. The highest BCUT2D eigenvalue weighted by atomic mass is 35.5. The van der Waals surface area contributed by atoms with Crippen LogP contribution in [0.25, 0.3) is 16.9 Å². The molecule has 4 rings (SSSR count). The van der Waals surface area contributed by atoms with Crippen LogP contribution in [0.2, 0.25) is 5.02 Å². The quantitative estimate of drug-likeness (QED) is 0.318. The first kappa shape index (κ1) is 23.4. The monoisotopic (exact) mass is 482 g/mol. The minimum absolute atomic E-state index is 0.127. The van der Waals surface area contributed by atoms with E-state index in [0.29, 0.717) is 39.8 Å². The van der Waals surface area contributed by atoms with Gasteiger partial charge in [-0.25, -0.2) is 18.3 Å². The number of carboxylic acid groups (broad SMARTS) is 1. The molecule has 2 N–H and O–H groups in total. The van der Waals surface area contributed by atoms with Gasteiger partial charge in [0.05, 0.1) is 27.7 Å². The molecule has 0 saturated heterocycles. The van der Waals surface area contributed by atoms with E-state index in [4.69, 9.17) is 16.7 Å². The molecule has 0 fully saturated rings. The third-order valence-electron chi connectivity index (χ3n) is 5.38. The summed E-state index contributed by atoms with van der Waals surface area (Å²) in [7, 11) is 0. The van der Waals surface area contributed by atoms with Gasteiger partial charge in [0.15, 0.2) is 11.6 Å². The molecule has 34 heavy (non-hydrogen) atoms. The van der Waals surface area contributed by atoms with Crippen LogP contribution < -0.4 is 5.32 Å². The number of aromatic carboxylic acids is 1. The predicted octanol–water partition coefficient (Wildman–Crippen LogP) is 6.74. The van der Waals surface area contributed by atoms with Crippen molar-refractivity contribution in [2.24, 2.45) is 0 Å². The Kier molecular flexibility index (Phi) is 6.34. The molecule has 2 aromatic heterocycles. The summed E-state index contributed by atoms with van der Waals surface area (Å²) in [6, 6.07) is 11.0. The maximum Gasteiger partial charge on any atom is 0.337 e. The number of anilines is 2. The largest absolute Gasteiger partial charge is 0.478 e. The maximum absolute atomic E-state index is 14.0. The molecule has 0 aliphatic heterocycles. The third-order valence-corrected chi connectivity index (χ3v) is 5.66. The Morgan fingerprint density at radius 3 is 2.53 bits per heavy atom. The Morgan fingerprint density at radius 2 is 1.85 bits per heavy atom. The normalized spacial score (nSPS) is 11.1. The van der Waals surface area contributed by atoms with Crippen LogP contribution in [-0.2, 0) is 0 Å². The molecule has 0 spiro atoms. The average molecular weight is 483 g/mol. The van der Waals surface area contributed by atoms with Crippen molar-refractivity contribution in [1.82, 2.24) is 14.8 Å². The first-order valence-corrected chi connectivity index (χ1v) is 10.8. The lowest BCUT2D eigenvalue weighted by Gasteiger charge is -2.14. The van der Waals surface area contributed by atoms with E-state index in [1.54, 1.807) is 19.2 Å². The zero-order valence-electron chi connectivity index (χ0n) is 18.6. The number of hydrogen-bond donors (Lipinski definition) is 2. The molecule has 0 radical (unpaired) electrons. The first-order chi connectivity index (χ1) is 16.2. The molecule has 6 nitrogen and oxygen atoms in total. The third kappa shape index (κ3) is 4.49. The van der Waals surface area contributed by atoms with Gasteiger partial charge in [-0.3, -0.25) is 4.98 Å². The van der Waals surface area contributed by atoms with Crippen LogP contribution in [0.1, 0.15) is 41.3 Å². The van der Waals surface area contributed by atoms with Crippen molar-refractivity contribution in [3.05, 3.63) is 88.2 Å². The number of nitrogens with one attached hydrogen (secondary N) is 1. The van der Waals surface area contributed by atoms with Crippen LogP contribution in [0.3, 0.4) is 0 Å². The summed E-state index contributed by atoms with van der Waals surface area (Å²) in [5.74, 6) is -3.22. The number of pyridine rings is 1. The summed E-state index contributed by atoms with van der Waals surface area (Å²) in [5.41, 5.74) is 3.21. The fourth-order valence-corrected chi connectivity index (χ4v) is 3.88. The topological polar surface area (TPSA) is 80.0 Å². The lowest BCUT2D eigenvalue weighted by Crippen LogP contribution is -2.09. The molecule has 0 aliphatic carbocycles. The molecule has 2 aromatic carbocycles. The van der Waals surface area contributed by atoms with Gasteiger partial charge in [-0.15, -0.1) is 0 Å². The highest BCUT2D eigenvalue weighted by Crippen LogP contribution is 2.33. The van der Waals surface area contributed by atoms with Crippen LogP contribution >= 0.6 is 11.6 Å². The van der Waals surface area contributed by atoms with E-state index < -0.39 is 23.2 Å². The number of carbonyl (C=O) groups is 1. The number of hydrogen-bond acceptors (Lipinski definition) is 4. The number of halogens is 3. The van der Waals surface area contributed by atoms with Crippen molar-refractivity contribution in [2.75, 3.05) is 5.32 Å². The zero-order chi connectivity index (χ0) is 24.6. The van der Waals surface area contributed by atoms with E-state index >= 15 is 0 Å². The smallest absolute Gasteiger partial charge is 0.337 e. The van der Waals surface area contributed by atoms with Crippen molar-refractivity contribution in [2.45, 2.75) is 26.7 Å². The van der Waals surface area contributed by atoms with Gasteiger partial charge in [-0.2, -0.15) is 5.10 Å². The van der Waals surface area contributed by atoms with E-state index in [2.05, 4.69) is 24.1 Å². The average Bonchev–Trinajstić information content (AvgIpc) is 3.19. The Labute approximate surface area is 199 Å². The molecule has 0 atom stereocenters. The molecule has 0 aliphatic rings. The Hall–Kier alpha value is -3.78. The van der Waals surface area contributed by atoms with Gasteiger partial charge in [0.2, 0.25) is 0 Å². The lowest BCUT2D eigenvalue weighted by atomic mass is 10.00. The van der Waals surface area contributed by atoms with Crippen LogP contribution in [0.15, 0.2) is 54.9 Å². The van der Waals surface area contributed by atoms with Gasteiger partial charge in [0.25, 0.3) is 0 Å². The van der Waals surface area contributed by atoms with E-state index in [1.807, 2.05) is 24.3 Å². The van der Waals surface area contributed by atoms with E-state index in [0.717, 1.165) is 17.2 Å². The second-order valence-electron chi connectivity index (χ2n) is 8.14. The van der Waals surface area contributed by atoms with E-state index in [-0.39, 0.29) is 5.69 Å². The molecule has 0 saturated carbocycles. The number of rotatable bonds is 6. The van der Waals surface area contributed by atoms with Gasteiger partial charge in [-0.1, -0.05) is 43.6 Å². The summed E-state index contributed by atoms with van der Waals surface area (Å²) in [6.45, 7) is 5.97. The fourth-order valence-electron chi connectivity index (χ4n) is 3.60. The molecule has 0 bridgehead atoms. The van der Waals surface area contributed by atoms with Crippen LogP contribution in [0.4, 0.5) is 20.3 Å². The highest BCUT2D eigenvalue weighted by molar-refractivity contribution is 6.32. The minimum Gasteiger partial charge on any atom is -0.478 e. The highest BCUT2D eigenvalue weighted by Gasteiger charge is 2.20. The summed E-state index contributed by atoms with van der Waals surface area (Å²) < 4.78 is 29.2. The van der Waals surface area contributed by atoms with Crippen molar-refractivity contribution in [3.63, 3.8) is 0 Å². The van der Waals surface area contributed by atoms with Crippen molar-refractivity contribution in [1.29, 1.82) is 0 Å². The molecular weight excluding hydrogens is 462 g/mol. The Balaban J connectivity index is 1.91. The van der Waals surface area contributed by atoms with Crippen molar-refractivity contribution >= 4 is 29.1 Å². The van der Waals surface area contributed by atoms with Gasteiger partial charge < -0.3 is 10.4 Å².